The van der Waals surface area contributed by atoms with E-state index in [0.29, 0.717) is 4.90 Å². The lowest BCUT2D eigenvalue weighted by atomic mass is 10.1. The van der Waals surface area contributed by atoms with Gasteiger partial charge < -0.3 is 0 Å². The largest absolute Gasteiger partial charge is 0.268 e. The molecule has 3 nitrogen and oxygen atoms in total. The van der Waals surface area contributed by atoms with Gasteiger partial charge in [-0.05, 0) is 24.3 Å². The number of rotatable bonds is 1. The zero-order chi connectivity index (χ0) is 14.4. The normalized spacial score (nSPS) is 13.8. The average Bonchev–Trinajstić information content (AvgIpc) is 2.67. The average molecular weight is 294 g/mol. The maximum atomic E-state index is 13.8. The summed E-state index contributed by atoms with van der Waals surface area (Å²) in [6.45, 7) is 0. The van der Waals surface area contributed by atoms with Crippen LogP contribution in [-0.2, 0) is 0 Å². The van der Waals surface area contributed by atoms with Gasteiger partial charge in [0, 0.05) is 5.02 Å². The molecule has 1 aliphatic rings. The minimum absolute atomic E-state index is 0.101. The highest BCUT2D eigenvalue weighted by molar-refractivity contribution is 6.35. The van der Waals surface area contributed by atoms with Gasteiger partial charge in [0.15, 0.2) is 11.6 Å². The Balaban J connectivity index is 2.19. The second-order valence-corrected chi connectivity index (χ2v) is 4.65. The van der Waals surface area contributed by atoms with Gasteiger partial charge in [-0.3, -0.25) is 9.59 Å². The van der Waals surface area contributed by atoms with Crippen LogP contribution in [0.15, 0.2) is 36.4 Å². The Morgan fingerprint density at radius 1 is 0.950 bits per heavy atom. The van der Waals surface area contributed by atoms with Crippen molar-refractivity contribution in [1.82, 2.24) is 0 Å². The molecule has 6 heteroatoms. The van der Waals surface area contributed by atoms with Gasteiger partial charge in [0.25, 0.3) is 11.8 Å². The van der Waals surface area contributed by atoms with E-state index in [0.717, 1.165) is 12.1 Å². The van der Waals surface area contributed by atoms with E-state index in [9.17, 15) is 18.4 Å². The lowest BCUT2D eigenvalue weighted by Crippen LogP contribution is -2.30. The Labute approximate surface area is 117 Å². The molecule has 0 spiro atoms. The molecule has 0 atom stereocenters. The zero-order valence-electron chi connectivity index (χ0n) is 9.86. The highest BCUT2D eigenvalue weighted by Gasteiger charge is 2.38. The van der Waals surface area contributed by atoms with Crippen LogP contribution in [0.2, 0.25) is 5.02 Å². The van der Waals surface area contributed by atoms with Crippen molar-refractivity contribution in [2.24, 2.45) is 0 Å². The first-order valence-electron chi connectivity index (χ1n) is 5.63. The second-order valence-electron chi connectivity index (χ2n) is 4.21. The molecule has 20 heavy (non-hydrogen) atoms. The van der Waals surface area contributed by atoms with Crippen LogP contribution < -0.4 is 4.90 Å². The molecule has 0 aromatic heterocycles. The van der Waals surface area contributed by atoms with Crippen molar-refractivity contribution < 1.29 is 18.4 Å². The Hall–Kier alpha value is -2.27. The Morgan fingerprint density at radius 2 is 1.50 bits per heavy atom. The van der Waals surface area contributed by atoms with Crippen molar-refractivity contribution >= 4 is 29.1 Å². The number of anilines is 1. The van der Waals surface area contributed by atoms with E-state index in [1.165, 1.54) is 12.1 Å². The molecule has 2 aromatic carbocycles. The van der Waals surface area contributed by atoms with Gasteiger partial charge in [0.05, 0.1) is 16.8 Å². The number of imide groups is 1. The summed E-state index contributed by atoms with van der Waals surface area (Å²) in [5.41, 5.74) is -0.184. The van der Waals surface area contributed by atoms with Gasteiger partial charge in [-0.25, -0.2) is 13.7 Å². The fourth-order valence-electron chi connectivity index (χ4n) is 2.11. The van der Waals surface area contributed by atoms with Gasteiger partial charge in [0.1, 0.15) is 0 Å². The molecule has 3 rings (SSSR count). The molecule has 2 amide bonds. The number of benzene rings is 2. The van der Waals surface area contributed by atoms with Gasteiger partial charge >= 0.3 is 0 Å². The SMILES string of the molecule is O=C1c2ccccc2C(=O)N1c1cc(Cl)cc(F)c1F. The van der Waals surface area contributed by atoms with Crippen LogP contribution in [0.1, 0.15) is 20.7 Å². The number of amides is 2. The maximum absolute atomic E-state index is 13.8. The third kappa shape index (κ3) is 1.71. The fourth-order valence-corrected chi connectivity index (χ4v) is 2.31. The quantitative estimate of drug-likeness (QED) is 0.597. The Bertz CT molecular complexity index is 726. The number of halogens is 3. The minimum atomic E-state index is -1.29. The van der Waals surface area contributed by atoms with Crippen molar-refractivity contribution in [3.8, 4) is 0 Å². The predicted octanol–water partition coefficient (Wildman–Crippen LogP) is 3.42. The van der Waals surface area contributed by atoms with Crippen LogP contribution in [-0.4, -0.2) is 11.8 Å². The Kier molecular flexibility index (Phi) is 2.79. The number of hydrogen-bond acceptors (Lipinski definition) is 2. The summed E-state index contributed by atoms with van der Waals surface area (Å²) in [5.74, 6) is -3.91. The summed E-state index contributed by atoms with van der Waals surface area (Å²) in [7, 11) is 0. The van der Waals surface area contributed by atoms with Gasteiger partial charge in [0.2, 0.25) is 0 Å². The zero-order valence-corrected chi connectivity index (χ0v) is 10.6. The molecule has 2 aromatic rings. The second kappa shape index (κ2) is 4.38. The number of fused-ring (bicyclic) bond motifs is 1. The molecule has 0 aliphatic carbocycles. The summed E-state index contributed by atoms with van der Waals surface area (Å²) < 4.78 is 27.2. The number of hydrogen-bond donors (Lipinski definition) is 0. The molecule has 1 aliphatic heterocycles. The molecule has 1 heterocycles. The number of carbonyl (C=O) groups excluding carboxylic acids is 2. The van der Waals surface area contributed by atoms with Crippen LogP contribution in [0.25, 0.3) is 0 Å². The molecule has 0 fully saturated rings. The maximum Gasteiger partial charge on any atom is 0.266 e. The van der Waals surface area contributed by atoms with Crippen molar-refractivity contribution in [2.45, 2.75) is 0 Å². The standard InChI is InChI=1S/C14H6ClF2NO2/c15-7-5-10(16)12(17)11(6-7)18-13(19)8-3-1-2-4-9(8)14(18)20/h1-6H. The lowest BCUT2D eigenvalue weighted by Gasteiger charge is -2.15. The van der Waals surface area contributed by atoms with Crippen LogP contribution >= 0.6 is 11.6 Å². The van der Waals surface area contributed by atoms with Gasteiger partial charge in [-0.15, -0.1) is 0 Å². The van der Waals surface area contributed by atoms with E-state index >= 15 is 0 Å². The van der Waals surface area contributed by atoms with E-state index in [4.69, 9.17) is 11.6 Å². The topological polar surface area (TPSA) is 37.4 Å². The molecule has 0 saturated heterocycles. The molecule has 0 unspecified atom stereocenters. The van der Waals surface area contributed by atoms with Crippen molar-refractivity contribution in [3.63, 3.8) is 0 Å². The smallest absolute Gasteiger partial charge is 0.266 e. The molecule has 0 radical (unpaired) electrons. The van der Waals surface area contributed by atoms with E-state index < -0.39 is 29.1 Å². The molecular weight excluding hydrogens is 288 g/mol. The van der Waals surface area contributed by atoms with Gasteiger partial charge in [-0.1, -0.05) is 23.7 Å². The van der Waals surface area contributed by atoms with Crippen LogP contribution in [0, 0.1) is 11.6 Å². The highest BCUT2D eigenvalue weighted by Crippen LogP contribution is 2.32. The fraction of sp³-hybridized carbons (Fsp3) is 0. The molecule has 100 valence electrons. The van der Waals surface area contributed by atoms with E-state index in [2.05, 4.69) is 0 Å². The summed E-state index contributed by atoms with van der Waals surface area (Å²) in [6.07, 6.45) is 0. The third-order valence-corrected chi connectivity index (χ3v) is 3.23. The van der Waals surface area contributed by atoms with E-state index in [-0.39, 0.29) is 16.1 Å². The molecular formula is C14H6ClF2NO2. The van der Waals surface area contributed by atoms with Crippen LogP contribution in [0.5, 0.6) is 0 Å². The number of carbonyl (C=O) groups is 2. The third-order valence-electron chi connectivity index (χ3n) is 3.01. The van der Waals surface area contributed by atoms with Crippen molar-refractivity contribution in [3.05, 3.63) is 64.2 Å². The summed E-state index contributed by atoms with van der Waals surface area (Å²) in [4.78, 5) is 24.9. The van der Waals surface area contributed by atoms with E-state index in [1.54, 1.807) is 12.1 Å². The molecule has 0 saturated carbocycles. The van der Waals surface area contributed by atoms with Crippen LogP contribution in [0.3, 0.4) is 0 Å². The molecule has 0 bridgehead atoms. The van der Waals surface area contributed by atoms with Gasteiger partial charge in [-0.2, -0.15) is 0 Å². The van der Waals surface area contributed by atoms with Crippen molar-refractivity contribution in [2.75, 3.05) is 4.90 Å². The first kappa shape index (κ1) is 12.7. The summed E-state index contributed by atoms with van der Waals surface area (Å²) >= 11 is 5.65. The first-order chi connectivity index (χ1) is 9.50. The summed E-state index contributed by atoms with van der Waals surface area (Å²) in [5, 5.41) is -0.101. The summed E-state index contributed by atoms with van der Waals surface area (Å²) in [6, 6.07) is 7.90. The van der Waals surface area contributed by atoms with Crippen molar-refractivity contribution in [1.29, 1.82) is 0 Å². The Morgan fingerprint density at radius 3 is 2.05 bits per heavy atom. The minimum Gasteiger partial charge on any atom is -0.268 e. The first-order valence-corrected chi connectivity index (χ1v) is 6.01. The number of nitrogens with zero attached hydrogens (tertiary/aromatic N) is 1. The molecule has 0 N–H and O–H groups in total. The van der Waals surface area contributed by atoms with E-state index in [1.807, 2.05) is 0 Å². The predicted molar refractivity (Wildman–Crippen MR) is 69.0 cm³/mol. The van der Waals surface area contributed by atoms with Crippen LogP contribution in [0.4, 0.5) is 14.5 Å². The highest BCUT2D eigenvalue weighted by atomic mass is 35.5. The monoisotopic (exact) mass is 293 g/mol. The lowest BCUT2D eigenvalue weighted by molar-refractivity contribution is 0.0924.